The van der Waals surface area contributed by atoms with E-state index in [2.05, 4.69) is 42.5 Å². The zero-order valence-corrected chi connectivity index (χ0v) is 17.6. The predicted octanol–water partition coefficient (Wildman–Crippen LogP) is 3.21. The Labute approximate surface area is 179 Å². The van der Waals surface area contributed by atoms with Crippen molar-refractivity contribution in [1.29, 1.82) is 0 Å². The fourth-order valence-corrected chi connectivity index (χ4v) is 4.06. The summed E-state index contributed by atoms with van der Waals surface area (Å²) in [4.78, 5) is 14.4. The van der Waals surface area contributed by atoms with E-state index >= 15 is 4.39 Å². The Morgan fingerprint density at radius 2 is 2.03 bits per heavy atom. The first-order valence-electron chi connectivity index (χ1n) is 10.4. The van der Waals surface area contributed by atoms with Gasteiger partial charge in [0, 0.05) is 62.8 Å². The van der Waals surface area contributed by atoms with Crippen LogP contribution in [0.1, 0.15) is 18.5 Å². The number of benzene rings is 1. The molecule has 4 heterocycles. The van der Waals surface area contributed by atoms with Crippen LogP contribution in [-0.2, 0) is 7.05 Å². The molecule has 4 aromatic rings. The number of hydrogen-bond acceptors (Lipinski definition) is 6. The maximum Gasteiger partial charge on any atom is 0.206 e. The number of rotatable bonds is 5. The Kier molecular flexibility index (Phi) is 5.13. The first kappa shape index (κ1) is 19.7. The molecule has 3 N–H and O–H groups in total. The quantitative estimate of drug-likeness (QED) is 0.460. The van der Waals surface area contributed by atoms with E-state index in [9.17, 15) is 0 Å². The van der Waals surface area contributed by atoms with E-state index in [1.54, 1.807) is 35.4 Å². The number of piperazine rings is 1. The van der Waals surface area contributed by atoms with Crippen LogP contribution < -0.4 is 10.6 Å². The largest absolute Gasteiger partial charge is 0.321 e. The van der Waals surface area contributed by atoms with E-state index in [1.807, 2.05) is 19.2 Å². The average molecular weight is 420 g/mol. The number of aryl methyl sites for hydroxylation is 1. The summed E-state index contributed by atoms with van der Waals surface area (Å²) in [5.74, 6) is 0.781. The van der Waals surface area contributed by atoms with Gasteiger partial charge in [0.1, 0.15) is 11.3 Å². The van der Waals surface area contributed by atoms with Gasteiger partial charge in [0.05, 0.1) is 11.7 Å². The Hall–Kier alpha value is -3.30. The highest BCUT2D eigenvalue weighted by Gasteiger charge is 2.19. The first-order valence-corrected chi connectivity index (χ1v) is 10.4. The van der Waals surface area contributed by atoms with Crippen molar-refractivity contribution in [3.63, 3.8) is 0 Å². The van der Waals surface area contributed by atoms with Crippen molar-refractivity contribution < 1.29 is 4.39 Å². The molecule has 1 aliphatic heterocycles. The van der Waals surface area contributed by atoms with Gasteiger partial charge in [-0.2, -0.15) is 5.10 Å². The number of H-pyrrole nitrogens is 1. The molecule has 0 spiro atoms. The zero-order chi connectivity index (χ0) is 21.4. The number of halogens is 1. The van der Waals surface area contributed by atoms with Crippen LogP contribution in [0.5, 0.6) is 0 Å². The molecule has 0 bridgehead atoms. The number of nitrogens with zero attached hydrogens (tertiary/aromatic N) is 5. The second kappa shape index (κ2) is 8.09. The third-order valence-electron chi connectivity index (χ3n) is 5.82. The van der Waals surface area contributed by atoms with Crippen LogP contribution in [0, 0.1) is 5.82 Å². The Balaban J connectivity index is 1.40. The Morgan fingerprint density at radius 1 is 1.19 bits per heavy atom. The fourth-order valence-electron chi connectivity index (χ4n) is 4.06. The molecular weight excluding hydrogens is 395 g/mol. The molecule has 8 nitrogen and oxygen atoms in total. The summed E-state index contributed by atoms with van der Waals surface area (Å²) in [6.07, 6.45) is 5.23. The molecule has 1 aromatic carbocycles. The minimum Gasteiger partial charge on any atom is -0.321 e. The van der Waals surface area contributed by atoms with Gasteiger partial charge < -0.3 is 15.6 Å². The third kappa shape index (κ3) is 3.89. The molecule has 31 heavy (non-hydrogen) atoms. The van der Waals surface area contributed by atoms with E-state index in [-0.39, 0.29) is 5.82 Å². The lowest BCUT2D eigenvalue weighted by Gasteiger charge is -2.33. The average Bonchev–Trinajstić information content (AvgIpc) is 3.40. The van der Waals surface area contributed by atoms with Crippen LogP contribution in [-0.4, -0.2) is 55.8 Å². The van der Waals surface area contributed by atoms with Gasteiger partial charge in [0.2, 0.25) is 5.95 Å². The van der Waals surface area contributed by atoms with Crippen molar-refractivity contribution in [2.75, 3.05) is 31.5 Å². The van der Waals surface area contributed by atoms with Gasteiger partial charge in [-0.1, -0.05) is 0 Å². The summed E-state index contributed by atoms with van der Waals surface area (Å²) < 4.78 is 16.8. The highest BCUT2D eigenvalue weighted by atomic mass is 19.1. The number of anilines is 2. The van der Waals surface area contributed by atoms with Crippen LogP contribution in [0.15, 0.2) is 42.9 Å². The number of aromatic nitrogens is 5. The van der Waals surface area contributed by atoms with Crippen LogP contribution in [0.25, 0.3) is 22.2 Å². The van der Waals surface area contributed by atoms with E-state index in [1.165, 1.54) is 5.56 Å². The lowest BCUT2D eigenvalue weighted by molar-refractivity contribution is 0.185. The summed E-state index contributed by atoms with van der Waals surface area (Å²) in [5.41, 5.74) is 3.30. The summed E-state index contributed by atoms with van der Waals surface area (Å²) in [7, 11) is 1.81. The molecule has 160 valence electrons. The standard InChI is InChI=1S/C22H25FN8/c1-14(31-9-7-24-8-10-31)15-5-6-25-19(11-15)28-22-27-18-4-3-17(20(23)21(18)29-22)16-12-26-30(2)13-16/h3-6,11-14,24H,7-10H2,1-2H3,(H2,25,27,28,29). The lowest BCUT2D eigenvalue weighted by atomic mass is 10.1. The fraction of sp³-hybridized carbons (Fsp3) is 0.318. The Morgan fingerprint density at radius 3 is 2.81 bits per heavy atom. The molecular formula is C22H25FN8. The summed E-state index contributed by atoms with van der Waals surface area (Å²) >= 11 is 0. The van der Waals surface area contributed by atoms with Gasteiger partial charge in [-0.3, -0.25) is 9.58 Å². The van der Waals surface area contributed by atoms with E-state index in [4.69, 9.17) is 0 Å². The maximum absolute atomic E-state index is 15.1. The molecule has 5 rings (SSSR count). The minimum absolute atomic E-state index is 0.292. The van der Waals surface area contributed by atoms with Crippen LogP contribution in [0.4, 0.5) is 16.2 Å². The van der Waals surface area contributed by atoms with Gasteiger partial charge in [-0.25, -0.2) is 14.4 Å². The molecule has 3 aromatic heterocycles. The monoisotopic (exact) mass is 420 g/mol. The third-order valence-corrected chi connectivity index (χ3v) is 5.82. The number of fused-ring (bicyclic) bond motifs is 1. The summed E-state index contributed by atoms with van der Waals surface area (Å²) in [5, 5.41) is 10.7. The molecule has 0 aliphatic carbocycles. The van der Waals surface area contributed by atoms with Crippen molar-refractivity contribution in [2.45, 2.75) is 13.0 Å². The maximum atomic E-state index is 15.1. The number of imidazole rings is 1. The van der Waals surface area contributed by atoms with Gasteiger partial charge in [0.15, 0.2) is 5.82 Å². The first-order chi connectivity index (χ1) is 15.1. The lowest BCUT2D eigenvalue weighted by Crippen LogP contribution is -2.44. The van der Waals surface area contributed by atoms with Crippen LogP contribution in [0.2, 0.25) is 0 Å². The molecule has 1 unspecified atom stereocenters. The van der Waals surface area contributed by atoms with Crippen molar-refractivity contribution >= 4 is 22.8 Å². The Bertz CT molecular complexity index is 1210. The molecule has 1 saturated heterocycles. The van der Waals surface area contributed by atoms with E-state index in [0.29, 0.717) is 34.4 Å². The normalized spacial score (nSPS) is 16.0. The SMILES string of the molecule is CC(c1ccnc(Nc2nc3ccc(-c4cnn(C)c4)c(F)c3[nH]2)c1)N1CCNCC1. The second-order valence-corrected chi connectivity index (χ2v) is 7.87. The number of hydrogen-bond donors (Lipinski definition) is 3. The molecule has 1 atom stereocenters. The zero-order valence-electron chi connectivity index (χ0n) is 17.6. The molecule has 0 amide bonds. The van der Waals surface area contributed by atoms with Gasteiger partial charge in [0.25, 0.3) is 0 Å². The van der Waals surface area contributed by atoms with Crippen molar-refractivity contribution in [3.05, 3.63) is 54.2 Å². The highest BCUT2D eigenvalue weighted by molar-refractivity contribution is 5.84. The molecule has 0 saturated carbocycles. The predicted molar refractivity (Wildman–Crippen MR) is 119 cm³/mol. The summed E-state index contributed by atoms with van der Waals surface area (Å²) in [6, 6.07) is 7.89. The molecule has 1 aliphatic rings. The number of pyridine rings is 1. The van der Waals surface area contributed by atoms with Gasteiger partial charge >= 0.3 is 0 Å². The summed E-state index contributed by atoms with van der Waals surface area (Å²) in [6.45, 7) is 6.27. The number of nitrogens with one attached hydrogen (secondary N) is 3. The van der Waals surface area contributed by atoms with E-state index in [0.717, 1.165) is 31.7 Å². The molecule has 0 radical (unpaired) electrons. The topological polar surface area (TPSA) is 86.7 Å². The molecule has 1 fully saturated rings. The second-order valence-electron chi connectivity index (χ2n) is 7.87. The number of aromatic amines is 1. The van der Waals surface area contributed by atoms with E-state index < -0.39 is 0 Å². The minimum atomic E-state index is -0.347. The van der Waals surface area contributed by atoms with Crippen LogP contribution >= 0.6 is 0 Å². The van der Waals surface area contributed by atoms with Crippen molar-refractivity contribution in [2.24, 2.45) is 7.05 Å². The van der Waals surface area contributed by atoms with Crippen molar-refractivity contribution in [1.82, 2.24) is 34.9 Å². The highest BCUT2D eigenvalue weighted by Crippen LogP contribution is 2.29. The van der Waals surface area contributed by atoms with Gasteiger partial charge in [-0.15, -0.1) is 0 Å². The van der Waals surface area contributed by atoms with Crippen LogP contribution in [0.3, 0.4) is 0 Å². The smallest absolute Gasteiger partial charge is 0.206 e. The van der Waals surface area contributed by atoms with Crippen molar-refractivity contribution in [3.8, 4) is 11.1 Å². The molecule has 9 heteroatoms. The van der Waals surface area contributed by atoms with Gasteiger partial charge in [-0.05, 0) is 36.8 Å².